The molecule has 3 rings (SSSR count). The number of nitrogens with zero attached hydrogens (tertiary/aromatic N) is 3. The second-order valence-electron chi connectivity index (χ2n) is 6.98. The molecule has 2 aromatic heterocycles. The molecule has 28 heavy (non-hydrogen) atoms. The second kappa shape index (κ2) is 12.4. The first kappa shape index (κ1) is 23.2. The number of nitrogens with one attached hydrogen (secondary N) is 2. The van der Waals surface area contributed by atoms with Crippen molar-refractivity contribution in [3.8, 4) is 10.8 Å². The van der Waals surface area contributed by atoms with Gasteiger partial charge in [0.05, 0.1) is 11.4 Å². The molecular formula is C20H32IN5OS. The topological polar surface area (TPSA) is 65.7 Å². The molecule has 0 bridgehead atoms. The fourth-order valence-electron chi connectivity index (χ4n) is 3.37. The summed E-state index contributed by atoms with van der Waals surface area (Å²) in [6, 6.07) is 4.74. The average molecular weight is 517 g/mol. The summed E-state index contributed by atoms with van der Waals surface area (Å²) in [4.78, 5) is 12.8. The average Bonchev–Trinajstić information content (AvgIpc) is 3.36. The number of hydrogen-bond donors (Lipinski definition) is 2. The highest BCUT2D eigenvalue weighted by molar-refractivity contribution is 14.0. The number of oxazole rings is 1. The van der Waals surface area contributed by atoms with E-state index in [4.69, 9.17) is 4.42 Å². The normalized spacial score (nSPS) is 17.9. The van der Waals surface area contributed by atoms with Crippen molar-refractivity contribution in [1.82, 2.24) is 20.5 Å². The van der Waals surface area contributed by atoms with E-state index in [0.29, 0.717) is 12.4 Å². The van der Waals surface area contributed by atoms with E-state index in [2.05, 4.69) is 39.4 Å². The summed E-state index contributed by atoms with van der Waals surface area (Å²) in [6.07, 6.45) is 6.88. The lowest BCUT2D eigenvalue weighted by Crippen LogP contribution is -2.41. The van der Waals surface area contributed by atoms with Gasteiger partial charge in [-0.3, -0.25) is 0 Å². The fraction of sp³-hybridized carbons (Fsp3) is 0.600. The molecule has 1 aliphatic rings. The third-order valence-corrected chi connectivity index (χ3v) is 5.74. The Morgan fingerprint density at radius 3 is 3.04 bits per heavy atom. The molecule has 1 saturated heterocycles. The molecule has 0 aromatic carbocycles. The number of thiophene rings is 1. The fourth-order valence-corrected chi connectivity index (χ4v) is 4.03. The number of guanidine groups is 1. The Bertz CT molecular complexity index is 703. The highest BCUT2D eigenvalue weighted by Gasteiger charge is 2.17. The molecule has 0 aliphatic carbocycles. The maximum Gasteiger partial charge on any atom is 0.236 e. The third kappa shape index (κ3) is 7.04. The summed E-state index contributed by atoms with van der Waals surface area (Å²) < 4.78 is 5.56. The van der Waals surface area contributed by atoms with Gasteiger partial charge in [-0.2, -0.15) is 0 Å². The van der Waals surface area contributed by atoms with Crippen LogP contribution in [0, 0.1) is 0 Å². The molecule has 0 spiro atoms. The molecule has 1 fully saturated rings. The number of piperidine rings is 1. The number of aliphatic imine (C=N–C) groups is 1. The smallest absolute Gasteiger partial charge is 0.236 e. The lowest BCUT2D eigenvalue weighted by atomic mass is 10.0. The molecule has 156 valence electrons. The van der Waals surface area contributed by atoms with Crippen LogP contribution in [-0.2, 0) is 6.54 Å². The van der Waals surface area contributed by atoms with E-state index in [1.54, 1.807) is 17.6 Å². The minimum absolute atomic E-state index is 0. The quantitative estimate of drug-likeness (QED) is 0.236. The highest BCUT2D eigenvalue weighted by Crippen LogP contribution is 2.23. The SMILES string of the molecule is CCNC(=NCc1coc(-c2cccs2)n1)NCCCN1CCCCC1C.I. The molecule has 2 N–H and O–H groups in total. The van der Waals surface area contributed by atoms with Crippen LogP contribution in [0.4, 0.5) is 0 Å². The van der Waals surface area contributed by atoms with Crippen molar-refractivity contribution in [3.05, 3.63) is 29.5 Å². The molecule has 1 aliphatic heterocycles. The van der Waals surface area contributed by atoms with Gasteiger partial charge in [0, 0.05) is 25.7 Å². The van der Waals surface area contributed by atoms with E-state index >= 15 is 0 Å². The van der Waals surface area contributed by atoms with Crippen molar-refractivity contribution in [2.45, 2.75) is 52.1 Å². The standard InChI is InChI=1S/C20H31N5OS.HI/c1-3-21-20(22-10-7-12-25-11-5-4-8-16(25)2)23-14-17-15-26-19(24-17)18-9-6-13-27-18;/h6,9,13,15-16H,3-5,7-8,10-12,14H2,1-2H3,(H2,21,22,23);1H. The first-order valence-corrected chi connectivity index (χ1v) is 10.9. The van der Waals surface area contributed by atoms with Crippen LogP contribution >= 0.6 is 35.3 Å². The number of likely N-dealkylation sites (tertiary alicyclic amines) is 1. The zero-order valence-electron chi connectivity index (χ0n) is 16.8. The molecule has 2 aromatic rings. The number of hydrogen-bond acceptors (Lipinski definition) is 5. The van der Waals surface area contributed by atoms with Gasteiger partial charge in [-0.05, 0) is 51.1 Å². The minimum atomic E-state index is 0. The van der Waals surface area contributed by atoms with Crippen LogP contribution in [0.25, 0.3) is 10.8 Å². The van der Waals surface area contributed by atoms with Crippen LogP contribution in [0.2, 0.25) is 0 Å². The Morgan fingerprint density at radius 2 is 2.29 bits per heavy atom. The monoisotopic (exact) mass is 517 g/mol. The summed E-state index contributed by atoms with van der Waals surface area (Å²) >= 11 is 1.63. The lowest BCUT2D eigenvalue weighted by Gasteiger charge is -2.33. The van der Waals surface area contributed by atoms with Crippen molar-refractivity contribution in [2.24, 2.45) is 4.99 Å². The van der Waals surface area contributed by atoms with Crippen LogP contribution in [-0.4, -0.2) is 48.1 Å². The summed E-state index contributed by atoms with van der Waals surface area (Å²) in [6.45, 7) is 9.10. The van der Waals surface area contributed by atoms with E-state index in [0.717, 1.165) is 48.6 Å². The predicted molar refractivity (Wildman–Crippen MR) is 128 cm³/mol. The Kier molecular flexibility index (Phi) is 10.3. The predicted octanol–water partition coefficient (Wildman–Crippen LogP) is 4.34. The van der Waals surface area contributed by atoms with E-state index in [9.17, 15) is 0 Å². The molecule has 0 amide bonds. The van der Waals surface area contributed by atoms with Crippen molar-refractivity contribution in [1.29, 1.82) is 0 Å². The van der Waals surface area contributed by atoms with E-state index < -0.39 is 0 Å². The maximum absolute atomic E-state index is 5.56. The Balaban J connectivity index is 0.00000280. The Morgan fingerprint density at radius 1 is 1.39 bits per heavy atom. The van der Waals surface area contributed by atoms with Crippen LogP contribution in [0.15, 0.2) is 33.2 Å². The molecule has 1 unspecified atom stereocenters. The zero-order valence-corrected chi connectivity index (χ0v) is 20.0. The van der Waals surface area contributed by atoms with Gasteiger partial charge in [0.25, 0.3) is 0 Å². The Hall–Kier alpha value is -1.13. The first-order chi connectivity index (χ1) is 13.3. The zero-order chi connectivity index (χ0) is 18.9. The lowest BCUT2D eigenvalue weighted by molar-refractivity contribution is 0.159. The van der Waals surface area contributed by atoms with Gasteiger partial charge in [-0.1, -0.05) is 12.5 Å². The van der Waals surface area contributed by atoms with Gasteiger partial charge in [0.1, 0.15) is 12.0 Å². The van der Waals surface area contributed by atoms with Crippen molar-refractivity contribution in [3.63, 3.8) is 0 Å². The summed E-state index contributed by atoms with van der Waals surface area (Å²) in [5.74, 6) is 1.51. The van der Waals surface area contributed by atoms with E-state index in [1.807, 2.05) is 17.5 Å². The number of halogens is 1. The minimum Gasteiger partial charge on any atom is -0.443 e. The Labute approximate surface area is 189 Å². The van der Waals surface area contributed by atoms with E-state index in [1.165, 1.54) is 25.8 Å². The molecule has 1 atom stereocenters. The van der Waals surface area contributed by atoms with Gasteiger partial charge in [-0.25, -0.2) is 9.98 Å². The highest BCUT2D eigenvalue weighted by atomic mass is 127. The third-order valence-electron chi connectivity index (χ3n) is 4.88. The molecule has 0 radical (unpaired) electrons. The van der Waals surface area contributed by atoms with Gasteiger partial charge >= 0.3 is 0 Å². The van der Waals surface area contributed by atoms with Crippen LogP contribution in [0.1, 0.15) is 45.2 Å². The largest absolute Gasteiger partial charge is 0.443 e. The van der Waals surface area contributed by atoms with Crippen molar-refractivity contribution in [2.75, 3.05) is 26.2 Å². The number of rotatable bonds is 8. The van der Waals surface area contributed by atoms with Gasteiger partial charge in [-0.15, -0.1) is 35.3 Å². The van der Waals surface area contributed by atoms with E-state index in [-0.39, 0.29) is 24.0 Å². The molecule has 0 saturated carbocycles. The van der Waals surface area contributed by atoms with Crippen molar-refractivity contribution >= 4 is 41.3 Å². The molecule has 3 heterocycles. The van der Waals surface area contributed by atoms with Crippen LogP contribution in [0.3, 0.4) is 0 Å². The summed E-state index contributed by atoms with van der Waals surface area (Å²) in [7, 11) is 0. The van der Waals surface area contributed by atoms with Crippen LogP contribution < -0.4 is 10.6 Å². The van der Waals surface area contributed by atoms with Gasteiger partial charge in [0.15, 0.2) is 5.96 Å². The summed E-state index contributed by atoms with van der Waals surface area (Å²) in [5.41, 5.74) is 0.845. The summed E-state index contributed by atoms with van der Waals surface area (Å²) in [5, 5.41) is 8.76. The first-order valence-electron chi connectivity index (χ1n) is 10.0. The molecule has 6 nitrogen and oxygen atoms in total. The second-order valence-corrected chi connectivity index (χ2v) is 7.93. The van der Waals surface area contributed by atoms with Crippen molar-refractivity contribution < 1.29 is 4.42 Å². The van der Waals surface area contributed by atoms with Crippen LogP contribution in [0.5, 0.6) is 0 Å². The molecular weight excluding hydrogens is 485 g/mol. The van der Waals surface area contributed by atoms with Gasteiger partial charge in [0.2, 0.25) is 5.89 Å². The molecule has 8 heteroatoms. The number of aromatic nitrogens is 1. The van der Waals surface area contributed by atoms with Gasteiger partial charge < -0.3 is 20.0 Å². The maximum atomic E-state index is 5.56.